The predicted molar refractivity (Wildman–Crippen MR) is 229 cm³/mol. The number of aliphatic hydroxyl groups is 2. The SMILES string of the molecule is CCCCC/C=C\C/C=C\C/C=C\C/C=C\CCCC(=O)OC[C@H](O)COP(=O)(O)O.CCCCCCCCCCCCCCCC(=O)OC[C@@H](O)COP(=O)(O)O. The maximum atomic E-state index is 11.5. The molecule has 0 aliphatic rings. The second-order valence-electron chi connectivity index (χ2n) is 14.2. The van der Waals surface area contributed by atoms with Crippen LogP contribution in [0.15, 0.2) is 48.6 Å². The van der Waals surface area contributed by atoms with Crippen molar-refractivity contribution < 1.29 is 67.0 Å². The summed E-state index contributed by atoms with van der Waals surface area (Å²) < 4.78 is 38.9. The number of aliphatic hydroxyl groups excluding tert-OH is 2. The molecule has 0 aromatic heterocycles. The molecule has 0 spiro atoms. The summed E-state index contributed by atoms with van der Waals surface area (Å²) >= 11 is 0. The Morgan fingerprint density at radius 3 is 1.14 bits per heavy atom. The summed E-state index contributed by atoms with van der Waals surface area (Å²) in [6.07, 6.45) is 40.3. The molecule has 6 N–H and O–H groups in total. The first-order valence-electron chi connectivity index (χ1n) is 21.4. The number of esters is 2. The van der Waals surface area contributed by atoms with E-state index in [1.54, 1.807) is 0 Å². The highest BCUT2D eigenvalue weighted by Crippen LogP contribution is 2.36. The summed E-state index contributed by atoms with van der Waals surface area (Å²) in [6, 6.07) is 0. The molecule has 0 saturated carbocycles. The normalized spacial score (nSPS) is 13.4. The van der Waals surface area contributed by atoms with Crippen molar-refractivity contribution >= 4 is 27.6 Å². The highest BCUT2D eigenvalue weighted by molar-refractivity contribution is 7.46. The third kappa shape index (κ3) is 52.1. The van der Waals surface area contributed by atoms with Gasteiger partial charge in [0, 0.05) is 12.8 Å². The van der Waals surface area contributed by atoms with Crippen molar-refractivity contribution in [3.8, 4) is 0 Å². The van der Waals surface area contributed by atoms with E-state index in [0.717, 1.165) is 44.9 Å². The smallest absolute Gasteiger partial charge is 0.463 e. The second-order valence-corrected chi connectivity index (χ2v) is 16.7. The maximum Gasteiger partial charge on any atom is 0.469 e. The molecule has 340 valence electrons. The molecule has 0 radical (unpaired) electrons. The van der Waals surface area contributed by atoms with Gasteiger partial charge in [-0.05, 0) is 51.4 Å². The lowest BCUT2D eigenvalue weighted by Crippen LogP contribution is -2.23. The van der Waals surface area contributed by atoms with Crippen molar-refractivity contribution in [1.29, 1.82) is 0 Å². The number of carbonyl (C=O) groups is 2. The topological polar surface area (TPSA) is 227 Å². The van der Waals surface area contributed by atoms with Crippen LogP contribution < -0.4 is 0 Å². The molecule has 0 fully saturated rings. The number of rotatable bonds is 38. The molecule has 0 heterocycles. The van der Waals surface area contributed by atoms with Gasteiger partial charge in [-0.2, -0.15) is 0 Å². The highest BCUT2D eigenvalue weighted by atomic mass is 31.2. The molecule has 16 heteroatoms. The number of carbonyl (C=O) groups excluding carboxylic acids is 2. The third-order valence-electron chi connectivity index (χ3n) is 8.44. The summed E-state index contributed by atoms with van der Waals surface area (Å²) in [6.45, 7) is 2.60. The van der Waals surface area contributed by atoms with Gasteiger partial charge in [0.1, 0.15) is 25.4 Å². The van der Waals surface area contributed by atoms with Crippen LogP contribution in [0.1, 0.15) is 168 Å². The van der Waals surface area contributed by atoms with E-state index in [2.05, 4.69) is 59.4 Å². The molecule has 0 bridgehead atoms. The van der Waals surface area contributed by atoms with Crippen LogP contribution in [0.2, 0.25) is 0 Å². The first-order valence-corrected chi connectivity index (χ1v) is 24.4. The Kier molecular flexibility index (Phi) is 41.9. The van der Waals surface area contributed by atoms with Crippen molar-refractivity contribution in [1.82, 2.24) is 0 Å². The Morgan fingerprint density at radius 1 is 0.448 bits per heavy atom. The Morgan fingerprint density at radius 2 is 0.759 bits per heavy atom. The average molecular weight is 869 g/mol. The lowest BCUT2D eigenvalue weighted by molar-refractivity contribution is -0.148. The molecule has 0 amide bonds. The van der Waals surface area contributed by atoms with Crippen LogP contribution in [0.3, 0.4) is 0 Å². The fourth-order valence-corrected chi connectivity index (χ4v) is 5.93. The van der Waals surface area contributed by atoms with Crippen molar-refractivity contribution in [3.05, 3.63) is 48.6 Å². The fourth-order valence-electron chi connectivity index (χ4n) is 5.20. The monoisotopic (exact) mass is 868 g/mol. The summed E-state index contributed by atoms with van der Waals surface area (Å²) in [5.74, 6) is -0.876. The van der Waals surface area contributed by atoms with E-state index in [0.29, 0.717) is 12.8 Å². The van der Waals surface area contributed by atoms with Crippen molar-refractivity contribution in [2.75, 3.05) is 26.4 Å². The predicted octanol–water partition coefficient (Wildman–Crippen LogP) is 9.63. The zero-order valence-electron chi connectivity index (χ0n) is 35.4. The average Bonchev–Trinajstić information content (AvgIpc) is 3.17. The molecule has 0 saturated heterocycles. The summed E-state index contributed by atoms with van der Waals surface area (Å²) in [5.41, 5.74) is 0. The first-order chi connectivity index (χ1) is 27.7. The largest absolute Gasteiger partial charge is 0.469 e. The van der Waals surface area contributed by atoms with Crippen LogP contribution in [0.25, 0.3) is 0 Å². The molecule has 0 aliphatic carbocycles. The molecule has 0 aromatic carbocycles. The van der Waals surface area contributed by atoms with Gasteiger partial charge in [0.15, 0.2) is 0 Å². The van der Waals surface area contributed by atoms with Crippen LogP contribution in [0.4, 0.5) is 0 Å². The number of unbranched alkanes of at least 4 members (excludes halogenated alkanes) is 16. The molecular weight excluding hydrogens is 790 g/mol. The summed E-state index contributed by atoms with van der Waals surface area (Å²) in [5, 5.41) is 18.8. The van der Waals surface area contributed by atoms with Crippen molar-refractivity contribution in [2.24, 2.45) is 0 Å². The molecule has 14 nitrogen and oxygen atoms in total. The summed E-state index contributed by atoms with van der Waals surface area (Å²) in [7, 11) is -9.25. The molecular formula is C42H78O14P2. The van der Waals surface area contributed by atoms with Gasteiger partial charge in [0.05, 0.1) is 13.2 Å². The van der Waals surface area contributed by atoms with E-state index in [9.17, 15) is 28.9 Å². The third-order valence-corrected chi connectivity index (χ3v) is 9.41. The Labute approximate surface area is 349 Å². The van der Waals surface area contributed by atoms with Gasteiger partial charge in [0.2, 0.25) is 0 Å². The van der Waals surface area contributed by atoms with Gasteiger partial charge in [-0.25, -0.2) is 9.13 Å². The molecule has 0 rings (SSSR count). The zero-order chi connectivity index (χ0) is 43.6. The van der Waals surface area contributed by atoms with Gasteiger partial charge >= 0.3 is 27.6 Å². The van der Waals surface area contributed by atoms with Gasteiger partial charge in [-0.1, -0.05) is 152 Å². The summed E-state index contributed by atoms with van der Waals surface area (Å²) in [4.78, 5) is 57.1. The Bertz CT molecular complexity index is 1180. The van der Waals surface area contributed by atoms with Crippen molar-refractivity contribution in [3.63, 3.8) is 0 Å². The van der Waals surface area contributed by atoms with E-state index in [1.807, 2.05) is 12.2 Å². The molecule has 0 aliphatic heterocycles. The van der Waals surface area contributed by atoms with E-state index in [4.69, 9.17) is 29.0 Å². The highest BCUT2D eigenvalue weighted by Gasteiger charge is 2.19. The van der Waals surface area contributed by atoms with Gasteiger partial charge in [-0.3, -0.25) is 18.6 Å². The van der Waals surface area contributed by atoms with Gasteiger partial charge in [-0.15, -0.1) is 0 Å². The number of hydrogen-bond acceptors (Lipinski definition) is 10. The van der Waals surface area contributed by atoms with Crippen LogP contribution in [-0.4, -0.2) is 80.4 Å². The number of hydrogen-bond donors (Lipinski definition) is 6. The zero-order valence-corrected chi connectivity index (χ0v) is 37.2. The quantitative estimate of drug-likeness (QED) is 0.0147. The van der Waals surface area contributed by atoms with E-state index in [1.165, 1.54) is 89.9 Å². The van der Waals surface area contributed by atoms with Crippen LogP contribution in [0.5, 0.6) is 0 Å². The lowest BCUT2D eigenvalue weighted by Gasteiger charge is -2.12. The first kappa shape index (κ1) is 58.1. The molecule has 58 heavy (non-hydrogen) atoms. The Balaban J connectivity index is 0. The number of ether oxygens (including phenoxy) is 2. The fraction of sp³-hybridized carbons (Fsp3) is 0.762. The minimum absolute atomic E-state index is 0.212. The van der Waals surface area contributed by atoms with Crippen LogP contribution >= 0.6 is 15.6 Å². The Hall–Kier alpha value is -1.96. The van der Waals surface area contributed by atoms with Gasteiger partial charge < -0.3 is 39.3 Å². The van der Waals surface area contributed by atoms with E-state index < -0.39 is 53.0 Å². The lowest BCUT2D eigenvalue weighted by atomic mass is 10.0. The van der Waals surface area contributed by atoms with Crippen LogP contribution in [-0.2, 0) is 37.2 Å². The van der Waals surface area contributed by atoms with E-state index in [-0.39, 0.29) is 19.6 Å². The molecule has 0 aromatic rings. The second kappa shape index (κ2) is 41.8. The van der Waals surface area contributed by atoms with E-state index >= 15 is 0 Å². The number of allylic oxidation sites excluding steroid dienone is 8. The maximum absolute atomic E-state index is 11.5. The van der Waals surface area contributed by atoms with Crippen molar-refractivity contribution in [2.45, 2.75) is 180 Å². The molecule has 2 atom stereocenters. The standard InChI is InChI=1S/C23H39O7P.C19H39O7P/c1-2-3-4-5-6-7-8-9-10-11-12-13-14-15-16-17-18-19-23(25)29-20-22(24)21-30-31(26,27)28;1-2-3-4-5-6-7-8-9-10-11-12-13-14-15-19(21)25-16-18(20)17-26-27(22,23)24/h6-7,9-10,12-13,15-16,22,24H,2-5,8,11,14,17-21H2,1H3,(H2,26,27,28);18,20H,2-17H2,1H3,(H2,22,23,24)/b7-6-,10-9-,13-12-,16-15-;/t22-;18-/m01/s1. The van der Waals surface area contributed by atoms with Crippen LogP contribution in [0, 0.1) is 0 Å². The minimum atomic E-state index is -4.63. The number of phosphoric acid groups is 2. The minimum Gasteiger partial charge on any atom is -0.463 e. The molecule has 0 unspecified atom stereocenters. The van der Waals surface area contributed by atoms with Gasteiger partial charge in [0.25, 0.3) is 0 Å². The number of phosphoric ester groups is 2.